The van der Waals surface area contributed by atoms with Crippen molar-refractivity contribution in [1.29, 1.82) is 0 Å². The van der Waals surface area contributed by atoms with E-state index in [9.17, 15) is 18.0 Å². The summed E-state index contributed by atoms with van der Waals surface area (Å²) < 4.78 is 37.3. The number of carbonyl (C=O) groups excluding carboxylic acids is 1. The van der Waals surface area contributed by atoms with Gasteiger partial charge >= 0.3 is 6.18 Å². The second-order valence-electron chi connectivity index (χ2n) is 2.69. The number of anilines is 1. The Morgan fingerprint density at radius 2 is 1.93 bits per heavy atom. The van der Waals surface area contributed by atoms with Gasteiger partial charge in [0.15, 0.2) is 0 Å². The fraction of sp³-hybridized carbons (Fsp3) is 0.125. The maximum absolute atomic E-state index is 12.4. The number of nitrogens with two attached hydrogens (primary N) is 1. The normalized spacial score (nSPS) is 11.5. The van der Waals surface area contributed by atoms with Crippen molar-refractivity contribution in [3.05, 3.63) is 27.7 Å². The molecule has 1 rings (SSSR count). The quantitative estimate of drug-likeness (QED) is 0.638. The molecule has 82 valence electrons. The molecule has 0 amide bonds. The lowest BCUT2D eigenvalue weighted by atomic mass is 10.1. The van der Waals surface area contributed by atoms with Crippen molar-refractivity contribution >= 4 is 38.5 Å². The van der Waals surface area contributed by atoms with Crippen LogP contribution in [0, 0.1) is 0 Å². The fourth-order valence-corrected chi connectivity index (χ4v) is 1.63. The zero-order chi connectivity index (χ0) is 11.8. The largest absolute Gasteiger partial charge is 0.418 e. The van der Waals surface area contributed by atoms with Crippen LogP contribution in [0.3, 0.4) is 0 Å². The monoisotopic (exact) mass is 301 g/mol. The van der Waals surface area contributed by atoms with Crippen LogP contribution in [0.1, 0.15) is 15.9 Å². The lowest BCUT2D eigenvalue weighted by Crippen LogP contribution is -2.12. The van der Waals surface area contributed by atoms with Gasteiger partial charge in [-0.25, -0.2) is 0 Å². The summed E-state index contributed by atoms with van der Waals surface area (Å²) in [5.41, 5.74) is 3.09. The van der Waals surface area contributed by atoms with Gasteiger partial charge in [-0.15, -0.1) is 0 Å². The Kier molecular flexibility index (Phi) is 3.30. The Morgan fingerprint density at radius 1 is 1.40 bits per heavy atom. The summed E-state index contributed by atoms with van der Waals surface area (Å²) in [7, 11) is 0. The second kappa shape index (κ2) is 4.02. The minimum atomic E-state index is -4.62. The van der Waals surface area contributed by atoms with Crippen LogP contribution in [0.4, 0.5) is 18.9 Å². The van der Waals surface area contributed by atoms with Crippen molar-refractivity contribution in [2.75, 3.05) is 5.73 Å². The van der Waals surface area contributed by atoms with Gasteiger partial charge in [0.1, 0.15) is 0 Å². The highest BCUT2D eigenvalue weighted by molar-refractivity contribution is 9.10. The molecule has 0 aliphatic heterocycles. The Labute approximate surface area is 96.3 Å². The zero-order valence-corrected chi connectivity index (χ0v) is 9.37. The van der Waals surface area contributed by atoms with E-state index < -0.39 is 22.7 Å². The van der Waals surface area contributed by atoms with Crippen molar-refractivity contribution in [2.24, 2.45) is 0 Å². The predicted molar refractivity (Wildman–Crippen MR) is 53.7 cm³/mol. The van der Waals surface area contributed by atoms with Gasteiger partial charge in [0.05, 0.1) is 16.8 Å². The number of hydrogen-bond acceptors (Lipinski definition) is 2. The lowest BCUT2D eigenvalue weighted by molar-refractivity contribution is -0.136. The minimum absolute atomic E-state index is 0.0908. The summed E-state index contributed by atoms with van der Waals surface area (Å²) in [6, 6.07) is 1.93. The Hall–Kier alpha value is -0.750. The molecule has 2 nitrogen and oxygen atoms in total. The lowest BCUT2D eigenvalue weighted by Gasteiger charge is -2.12. The summed E-state index contributed by atoms with van der Waals surface area (Å²) in [6.45, 7) is 0. The number of nitrogen functional groups attached to an aromatic ring is 1. The van der Waals surface area contributed by atoms with Crippen molar-refractivity contribution < 1.29 is 18.0 Å². The summed E-state index contributed by atoms with van der Waals surface area (Å²) in [5, 5.41) is -1.03. The highest BCUT2D eigenvalue weighted by atomic mass is 79.9. The smallest absolute Gasteiger partial charge is 0.398 e. The molecule has 0 aromatic heterocycles. The van der Waals surface area contributed by atoms with E-state index in [-0.39, 0.29) is 10.0 Å². The van der Waals surface area contributed by atoms with E-state index in [2.05, 4.69) is 15.9 Å². The number of halogens is 5. The van der Waals surface area contributed by atoms with Crippen LogP contribution >= 0.6 is 27.5 Å². The van der Waals surface area contributed by atoms with Gasteiger partial charge in [-0.1, -0.05) is 15.9 Å². The molecule has 0 radical (unpaired) electrons. The summed E-state index contributed by atoms with van der Waals surface area (Å²) in [4.78, 5) is 10.8. The zero-order valence-electron chi connectivity index (χ0n) is 7.03. The first-order valence-corrected chi connectivity index (χ1v) is 4.76. The van der Waals surface area contributed by atoms with Crippen LogP contribution in [0.15, 0.2) is 16.6 Å². The molecule has 0 aliphatic carbocycles. The molecule has 0 atom stereocenters. The van der Waals surface area contributed by atoms with Crippen LogP contribution in [0.25, 0.3) is 0 Å². The highest BCUT2D eigenvalue weighted by Crippen LogP contribution is 2.37. The van der Waals surface area contributed by atoms with Crippen LogP contribution < -0.4 is 5.73 Å². The number of benzene rings is 1. The number of carbonyl (C=O) groups is 1. The molecule has 0 spiro atoms. The summed E-state index contributed by atoms with van der Waals surface area (Å²) >= 11 is 7.94. The first-order chi connectivity index (χ1) is 6.73. The van der Waals surface area contributed by atoms with E-state index in [0.717, 1.165) is 12.1 Å². The van der Waals surface area contributed by atoms with Crippen LogP contribution in [-0.4, -0.2) is 5.24 Å². The van der Waals surface area contributed by atoms with Gasteiger partial charge < -0.3 is 5.73 Å². The topological polar surface area (TPSA) is 43.1 Å². The maximum atomic E-state index is 12.4. The molecule has 1 aromatic rings. The Bertz CT molecular complexity index is 419. The van der Waals surface area contributed by atoms with E-state index in [1.807, 2.05) is 0 Å². The highest BCUT2D eigenvalue weighted by Gasteiger charge is 2.34. The van der Waals surface area contributed by atoms with Crippen molar-refractivity contribution in [3.8, 4) is 0 Å². The molecule has 0 saturated heterocycles. The molecule has 1 aromatic carbocycles. The van der Waals surface area contributed by atoms with E-state index >= 15 is 0 Å². The van der Waals surface area contributed by atoms with Crippen molar-refractivity contribution in [3.63, 3.8) is 0 Å². The molecule has 0 aliphatic rings. The maximum Gasteiger partial charge on any atom is 0.418 e. The van der Waals surface area contributed by atoms with Crippen LogP contribution in [0.2, 0.25) is 0 Å². The van der Waals surface area contributed by atoms with Crippen molar-refractivity contribution in [1.82, 2.24) is 0 Å². The molecule has 0 unspecified atom stereocenters. The summed E-state index contributed by atoms with van der Waals surface area (Å²) in [5.74, 6) is 0. The van der Waals surface area contributed by atoms with Gasteiger partial charge in [-0.2, -0.15) is 13.2 Å². The molecule has 7 heteroatoms. The van der Waals surface area contributed by atoms with E-state index in [1.54, 1.807) is 0 Å². The van der Waals surface area contributed by atoms with E-state index in [0.29, 0.717) is 0 Å². The third-order valence-corrected chi connectivity index (χ3v) is 2.32. The molecular formula is C8H4BrClF3NO. The third-order valence-electron chi connectivity index (χ3n) is 1.66. The standard InChI is InChI=1S/C8H4BrClF3NO/c9-3-1-4(7(10)15)6(14)5(2-3)8(11,12)13/h1-2H,14H2. The average molecular weight is 302 g/mol. The molecule has 2 N–H and O–H groups in total. The molecule has 0 heterocycles. The fourth-order valence-electron chi connectivity index (χ4n) is 1.02. The SMILES string of the molecule is Nc1c(C(=O)Cl)cc(Br)cc1C(F)(F)F. The molecular weight excluding hydrogens is 298 g/mol. The van der Waals surface area contributed by atoms with Gasteiger partial charge in [-0.05, 0) is 23.7 Å². The van der Waals surface area contributed by atoms with Gasteiger partial charge in [-0.3, -0.25) is 4.79 Å². The summed E-state index contributed by atoms with van der Waals surface area (Å²) in [6.07, 6.45) is -4.62. The molecule has 15 heavy (non-hydrogen) atoms. The first-order valence-electron chi connectivity index (χ1n) is 3.59. The minimum Gasteiger partial charge on any atom is -0.398 e. The van der Waals surface area contributed by atoms with E-state index in [4.69, 9.17) is 17.3 Å². The van der Waals surface area contributed by atoms with Gasteiger partial charge in [0.25, 0.3) is 5.24 Å². The van der Waals surface area contributed by atoms with Crippen LogP contribution in [-0.2, 0) is 6.18 Å². The molecule has 0 fully saturated rings. The second-order valence-corrected chi connectivity index (χ2v) is 3.95. The van der Waals surface area contributed by atoms with Gasteiger partial charge in [0, 0.05) is 4.47 Å². The first kappa shape index (κ1) is 12.3. The predicted octanol–water partition coefficient (Wildman–Crippen LogP) is 3.43. The molecule has 0 saturated carbocycles. The number of alkyl halides is 3. The van der Waals surface area contributed by atoms with Crippen molar-refractivity contribution in [2.45, 2.75) is 6.18 Å². The number of hydrogen-bond donors (Lipinski definition) is 1. The Morgan fingerprint density at radius 3 is 2.33 bits per heavy atom. The molecule has 0 bridgehead atoms. The van der Waals surface area contributed by atoms with Gasteiger partial charge in [0.2, 0.25) is 0 Å². The van der Waals surface area contributed by atoms with E-state index in [1.165, 1.54) is 0 Å². The number of rotatable bonds is 1. The van der Waals surface area contributed by atoms with Crippen LogP contribution in [0.5, 0.6) is 0 Å². The average Bonchev–Trinajstić information content (AvgIpc) is 2.06. The third kappa shape index (κ3) is 2.63. The Balaban J connectivity index is 3.49.